The third kappa shape index (κ3) is 4.53. The van der Waals surface area contributed by atoms with Crippen LogP contribution in [0.1, 0.15) is 37.3 Å². The molecule has 0 bridgehead atoms. The first-order chi connectivity index (χ1) is 10.6. The van der Waals surface area contributed by atoms with Crippen molar-refractivity contribution in [3.05, 3.63) is 35.6 Å². The van der Waals surface area contributed by atoms with Gasteiger partial charge in [0, 0.05) is 25.9 Å². The van der Waals surface area contributed by atoms with Gasteiger partial charge in [-0.2, -0.15) is 0 Å². The van der Waals surface area contributed by atoms with Crippen LogP contribution in [-0.4, -0.2) is 41.5 Å². The number of carbonyl (C=O) groups is 2. The van der Waals surface area contributed by atoms with Crippen LogP contribution in [0.4, 0.5) is 4.39 Å². The molecule has 6 heteroatoms. The summed E-state index contributed by atoms with van der Waals surface area (Å²) in [5.74, 6) is -0.392. The van der Waals surface area contributed by atoms with E-state index >= 15 is 0 Å². The molecule has 1 aromatic carbocycles. The van der Waals surface area contributed by atoms with Gasteiger partial charge in [-0.15, -0.1) is 0 Å². The first-order valence-corrected chi connectivity index (χ1v) is 7.53. The van der Waals surface area contributed by atoms with Crippen LogP contribution in [0, 0.1) is 5.82 Å². The highest BCUT2D eigenvalue weighted by molar-refractivity contribution is 5.78. The van der Waals surface area contributed by atoms with E-state index in [1.807, 2.05) is 0 Å². The molecule has 1 heterocycles. The molecule has 1 fully saturated rings. The van der Waals surface area contributed by atoms with E-state index in [1.165, 1.54) is 12.1 Å². The van der Waals surface area contributed by atoms with Gasteiger partial charge in [0.05, 0.1) is 12.6 Å². The Labute approximate surface area is 129 Å². The van der Waals surface area contributed by atoms with E-state index in [4.69, 9.17) is 0 Å². The maximum Gasteiger partial charge on any atom is 0.222 e. The molecule has 2 N–H and O–H groups in total. The van der Waals surface area contributed by atoms with Gasteiger partial charge in [0.2, 0.25) is 11.8 Å². The Balaban J connectivity index is 1.77. The van der Waals surface area contributed by atoms with Crippen molar-refractivity contribution in [3.8, 4) is 0 Å². The largest absolute Gasteiger partial charge is 0.394 e. The molecule has 0 aromatic heterocycles. The molecule has 1 atom stereocenters. The van der Waals surface area contributed by atoms with E-state index in [0.717, 1.165) is 13.0 Å². The molecule has 1 aromatic rings. The zero-order valence-corrected chi connectivity index (χ0v) is 12.4. The lowest BCUT2D eigenvalue weighted by molar-refractivity contribution is -0.128. The van der Waals surface area contributed by atoms with E-state index in [9.17, 15) is 19.1 Å². The number of hydrogen-bond donors (Lipinski definition) is 2. The SMILES string of the molecule is O=C(CCCN1CCCC1=O)N[C@H](CO)c1ccc(F)cc1. The van der Waals surface area contributed by atoms with Gasteiger partial charge in [-0.3, -0.25) is 9.59 Å². The minimum absolute atomic E-state index is 0.153. The van der Waals surface area contributed by atoms with Gasteiger partial charge < -0.3 is 15.3 Å². The monoisotopic (exact) mass is 308 g/mol. The van der Waals surface area contributed by atoms with Gasteiger partial charge in [-0.25, -0.2) is 4.39 Å². The van der Waals surface area contributed by atoms with Gasteiger partial charge in [0.15, 0.2) is 0 Å². The fourth-order valence-electron chi connectivity index (χ4n) is 2.57. The number of rotatable bonds is 7. The molecule has 22 heavy (non-hydrogen) atoms. The molecular formula is C16H21FN2O3. The third-order valence-electron chi connectivity index (χ3n) is 3.79. The van der Waals surface area contributed by atoms with Crippen LogP contribution in [0.15, 0.2) is 24.3 Å². The Bertz CT molecular complexity index is 519. The first kappa shape index (κ1) is 16.4. The summed E-state index contributed by atoms with van der Waals surface area (Å²) in [6, 6.07) is 5.13. The molecule has 5 nitrogen and oxygen atoms in total. The summed E-state index contributed by atoms with van der Waals surface area (Å²) in [6.45, 7) is 1.11. The van der Waals surface area contributed by atoms with Crippen molar-refractivity contribution in [2.75, 3.05) is 19.7 Å². The summed E-state index contributed by atoms with van der Waals surface area (Å²) in [7, 11) is 0. The lowest BCUT2D eigenvalue weighted by Gasteiger charge is -2.18. The summed E-state index contributed by atoms with van der Waals surface area (Å²) < 4.78 is 12.9. The Hall–Kier alpha value is -1.95. The van der Waals surface area contributed by atoms with Gasteiger partial charge in [0.25, 0.3) is 0 Å². The maximum absolute atomic E-state index is 12.9. The molecule has 1 aliphatic heterocycles. The van der Waals surface area contributed by atoms with E-state index in [2.05, 4.69) is 5.32 Å². The molecule has 0 saturated carbocycles. The number of nitrogens with zero attached hydrogens (tertiary/aromatic N) is 1. The highest BCUT2D eigenvalue weighted by atomic mass is 19.1. The summed E-state index contributed by atoms with van der Waals surface area (Å²) in [4.78, 5) is 25.1. The minimum atomic E-state index is -0.540. The van der Waals surface area contributed by atoms with Crippen LogP contribution < -0.4 is 5.32 Å². The highest BCUT2D eigenvalue weighted by Gasteiger charge is 2.20. The molecular weight excluding hydrogens is 287 g/mol. The number of benzene rings is 1. The van der Waals surface area contributed by atoms with Crippen molar-refractivity contribution in [3.63, 3.8) is 0 Å². The van der Waals surface area contributed by atoms with Crippen LogP contribution in [0.5, 0.6) is 0 Å². The molecule has 0 aliphatic carbocycles. The van der Waals surface area contributed by atoms with Crippen molar-refractivity contribution in [2.24, 2.45) is 0 Å². The van der Waals surface area contributed by atoms with Crippen LogP contribution in [0.3, 0.4) is 0 Å². The molecule has 2 amide bonds. The molecule has 2 rings (SSSR count). The van der Waals surface area contributed by atoms with Crippen molar-refractivity contribution < 1.29 is 19.1 Å². The van der Waals surface area contributed by atoms with Crippen molar-refractivity contribution in [1.82, 2.24) is 10.2 Å². The first-order valence-electron chi connectivity index (χ1n) is 7.53. The molecule has 0 radical (unpaired) electrons. The zero-order chi connectivity index (χ0) is 15.9. The summed E-state index contributed by atoms with van der Waals surface area (Å²) in [5, 5.41) is 12.1. The number of amides is 2. The molecule has 1 aliphatic rings. The number of carbonyl (C=O) groups excluding carboxylic acids is 2. The summed E-state index contributed by atoms with van der Waals surface area (Å²) in [5.41, 5.74) is 0.659. The van der Waals surface area contributed by atoms with Crippen LogP contribution in [-0.2, 0) is 9.59 Å². The second-order valence-corrected chi connectivity index (χ2v) is 5.44. The number of hydrogen-bond acceptors (Lipinski definition) is 3. The van der Waals surface area contributed by atoms with Crippen molar-refractivity contribution >= 4 is 11.8 Å². The normalized spacial score (nSPS) is 15.9. The smallest absolute Gasteiger partial charge is 0.222 e. The lowest BCUT2D eigenvalue weighted by atomic mass is 10.1. The summed E-state index contributed by atoms with van der Waals surface area (Å²) in [6.07, 6.45) is 2.38. The Morgan fingerprint density at radius 1 is 1.36 bits per heavy atom. The van der Waals surface area contributed by atoms with E-state index < -0.39 is 6.04 Å². The zero-order valence-electron chi connectivity index (χ0n) is 12.4. The minimum Gasteiger partial charge on any atom is -0.394 e. The number of nitrogens with one attached hydrogen (secondary N) is 1. The fraction of sp³-hybridized carbons (Fsp3) is 0.500. The standard InChI is InChI=1S/C16H21FN2O3/c17-13-7-5-12(6-8-13)14(11-20)18-15(21)3-1-9-19-10-2-4-16(19)22/h5-8,14,20H,1-4,9-11H2,(H,18,21)/t14-/m1/s1. The van der Waals surface area contributed by atoms with Crippen LogP contribution in [0.2, 0.25) is 0 Å². The van der Waals surface area contributed by atoms with E-state index in [1.54, 1.807) is 17.0 Å². The van der Waals surface area contributed by atoms with E-state index in [-0.39, 0.29) is 24.2 Å². The van der Waals surface area contributed by atoms with Crippen molar-refractivity contribution in [2.45, 2.75) is 31.7 Å². The van der Waals surface area contributed by atoms with Gasteiger partial charge in [-0.05, 0) is 30.5 Å². The Morgan fingerprint density at radius 2 is 2.09 bits per heavy atom. The Kier molecular flexibility index (Phi) is 5.89. The molecule has 1 saturated heterocycles. The molecule has 0 unspecified atom stereocenters. The molecule has 120 valence electrons. The quantitative estimate of drug-likeness (QED) is 0.799. The Morgan fingerprint density at radius 3 is 2.68 bits per heavy atom. The van der Waals surface area contributed by atoms with Crippen LogP contribution >= 0.6 is 0 Å². The number of halogens is 1. The van der Waals surface area contributed by atoms with Gasteiger partial charge in [0.1, 0.15) is 5.82 Å². The fourth-order valence-corrected chi connectivity index (χ4v) is 2.57. The average molecular weight is 308 g/mol. The topological polar surface area (TPSA) is 69.6 Å². The second kappa shape index (κ2) is 7.89. The predicted molar refractivity (Wildman–Crippen MR) is 79.4 cm³/mol. The van der Waals surface area contributed by atoms with Crippen molar-refractivity contribution in [1.29, 1.82) is 0 Å². The van der Waals surface area contributed by atoms with Gasteiger partial charge >= 0.3 is 0 Å². The van der Waals surface area contributed by atoms with Crippen LogP contribution in [0.25, 0.3) is 0 Å². The summed E-state index contributed by atoms with van der Waals surface area (Å²) >= 11 is 0. The van der Waals surface area contributed by atoms with E-state index in [0.29, 0.717) is 31.4 Å². The second-order valence-electron chi connectivity index (χ2n) is 5.44. The molecule has 0 spiro atoms. The maximum atomic E-state index is 12.9. The highest BCUT2D eigenvalue weighted by Crippen LogP contribution is 2.14. The third-order valence-corrected chi connectivity index (χ3v) is 3.79. The predicted octanol–water partition coefficient (Wildman–Crippen LogP) is 1.38. The number of likely N-dealkylation sites (tertiary alicyclic amines) is 1. The van der Waals surface area contributed by atoms with Gasteiger partial charge in [-0.1, -0.05) is 12.1 Å². The number of aliphatic hydroxyl groups is 1. The lowest BCUT2D eigenvalue weighted by Crippen LogP contribution is -2.32. The number of aliphatic hydroxyl groups excluding tert-OH is 1. The average Bonchev–Trinajstić information content (AvgIpc) is 2.91.